The van der Waals surface area contributed by atoms with Gasteiger partial charge in [0, 0.05) is 6.42 Å². The van der Waals surface area contributed by atoms with Crippen LogP contribution < -0.4 is 0 Å². The molecule has 1 heterocycles. The molecule has 0 radical (unpaired) electrons. The fourth-order valence-electron chi connectivity index (χ4n) is 4.03. The van der Waals surface area contributed by atoms with Gasteiger partial charge < -0.3 is 15.1 Å². The summed E-state index contributed by atoms with van der Waals surface area (Å²) >= 11 is 0. The van der Waals surface area contributed by atoms with Gasteiger partial charge in [-0.1, -0.05) is 64.7 Å². The summed E-state index contributed by atoms with van der Waals surface area (Å²) in [6.45, 7) is 6.81. The molecule has 1 aliphatic rings. The van der Waals surface area contributed by atoms with Crippen molar-refractivity contribution in [3.05, 3.63) is 0 Å². The molecule has 5 heteroatoms. The Labute approximate surface area is 166 Å². The van der Waals surface area contributed by atoms with Gasteiger partial charge >= 0.3 is 5.97 Å². The van der Waals surface area contributed by atoms with Gasteiger partial charge in [0.25, 0.3) is 0 Å². The molecule has 1 fully saturated rings. The molecule has 1 atom stereocenters. The lowest BCUT2D eigenvalue weighted by atomic mass is 9.95. The molecule has 1 saturated heterocycles. The highest BCUT2D eigenvalue weighted by Gasteiger charge is 2.50. The minimum Gasteiger partial charge on any atom is -0.481 e. The molecule has 160 valence electrons. The van der Waals surface area contributed by atoms with Gasteiger partial charge in [-0.3, -0.25) is 4.79 Å². The Kier molecular flexibility index (Phi) is 11.5. The first-order valence-corrected chi connectivity index (χ1v) is 11.2. The first-order chi connectivity index (χ1) is 12.8. The van der Waals surface area contributed by atoms with E-state index in [0.29, 0.717) is 13.0 Å². The number of hydroxylamine groups is 2. The number of nitrogens with zero attached hydrogens (tertiary/aromatic N) is 1. The average Bonchev–Trinajstić information content (AvgIpc) is 2.84. The van der Waals surface area contributed by atoms with Crippen LogP contribution in [0.5, 0.6) is 0 Å². The standard InChI is InChI=1S/C22H43NO4/c1-4-5-6-7-8-9-10-11-14-17-22(18-15-12-13-16-20(24)25)23(26)21(2,3)19-27-22/h26H,4-19H2,1-3H3,(H,24,25)/t22-/m1/s1. The molecule has 0 aliphatic carbocycles. The molecule has 0 spiro atoms. The van der Waals surface area contributed by atoms with Crippen molar-refractivity contribution in [3.63, 3.8) is 0 Å². The van der Waals surface area contributed by atoms with Crippen molar-refractivity contribution in [1.82, 2.24) is 5.06 Å². The van der Waals surface area contributed by atoms with Crippen LogP contribution in [-0.4, -0.2) is 39.2 Å². The Hall–Kier alpha value is -0.650. The van der Waals surface area contributed by atoms with Crippen LogP contribution in [0.3, 0.4) is 0 Å². The lowest BCUT2D eigenvalue weighted by Gasteiger charge is -2.37. The largest absolute Gasteiger partial charge is 0.481 e. The maximum atomic E-state index is 10.7. The van der Waals surface area contributed by atoms with Crippen LogP contribution in [0.25, 0.3) is 0 Å². The molecule has 0 saturated carbocycles. The van der Waals surface area contributed by atoms with Crippen LogP contribution >= 0.6 is 0 Å². The van der Waals surface area contributed by atoms with Crippen molar-refractivity contribution >= 4 is 5.97 Å². The van der Waals surface area contributed by atoms with E-state index in [9.17, 15) is 10.0 Å². The lowest BCUT2D eigenvalue weighted by Crippen LogP contribution is -2.50. The number of ether oxygens (including phenoxy) is 1. The second-order valence-electron chi connectivity index (χ2n) is 8.89. The smallest absolute Gasteiger partial charge is 0.303 e. The number of carboxylic acids is 1. The highest BCUT2D eigenvalue weighted by molar-refractivity contribution is 5.66. The highest BCUT2D eigenvalue weighted by atomic mass is 16.6. The number of unbranched alkanes of at least 4 members (excludes halogenated alkanes) is 10. The summed E-state index contributed by atoms with van der Waals surface area (Å²) in [5.74, 6) is -0.735. The van der Waals surface area contributed by atoms with E-state index in [4.69, 9.17) is 9.84 Å². The van der Waals surface area contributed by atoms with Crippen LogP contribution in [0.2, 0.25) is 0 Å². The van der Waals surface area contributed by atoms with Gasteiger partial charge in [0.2, 0.25) is 0 Å². The normalized spacial score (nSPS) is 22.4. The van der Waals surface area contributed by atoms with Crippen molar-refractivity contribution in [2.75, 3.05) is 6.61 Å². The first kappa shape index (κ1) is 24.4. The summed E-state index contributed by atoms with van der Waals surface area (Å²) < 4.78 is 6.13. The summed E-state index contributed by atoms with van der Waals surface area (Å²) in [5, 5.41) is 21.0. The molecule has 5 nitrogen and oxygen atoms in total. The molecular formula is C22H43NO4. The van der Waals surface area contributed by atoms with Crippen molar-refractivity contribution < 1.29 is 19.8 Å². The fourth-order valence-corrected chi connectivity index (χ4v) is 4.03. The van der Waals surface area contributed by atoms with Crippen LogP contribution in [0.15, 0.2) is 0 Å². The zero-order chi connectivity index (χ0) is 20.2. The molecule has 1 rings (SSSR count). The molecule has 27 heavy (non-hydrogen) atoms. The molecule has 2 N–H and O–H groups in total. The quantitative estimate of drug-likeness (QED) is 0.312. The highest BCUT2D eigenvalue weighted by Crippen LogP contribution is 2.40. The van der Waals surface area contributed by atoms with Gasteiger partial charge in [0.15, 0.2) is 0 Å². The summed E-state index contributed by atoms with van der Waals surface area (Å²) in [5.41, 5.74) is -0.950. The Bertz CT molecular complexity index is 413. The number of carbonyl (C=O) groups is 1. The molecule has 0 aromatic rings. The Morgan fingerprint density at radius 1 is 0.889 bits per heavy atom. The maximum absolute atomic E-state index is 10.7. The van der Waals surface area contributed by atoms with E-state index in [0.717, 1.165) is 32.1 Å². The minimum atomic E-state index is -0.735. The Morgan fingerprint density at radius 2 is 1.37 bits per heavy atom. The third-order valence-corrected chi connectivity index (χ3v) is 5.78. The molecule has 0 bridgehead atoms. The van der Waals surface area contributed by atoms with E-state index in [1.165, 1.54) is 56.4 Å². The summed E-state index contributed by atoms with van der Waals surface area (Å²) in [6.07, 6.45) is 15.8. The van der Waals surface area contributed by atoms with E-state index >= 15 is 0 Å². The lowest BCUT2D eigenvalue weighted by molar-refractivity contribution is -0.256. The summed E-state index contributed by atoms with van der Waals surface area (Å²) in [7, 11) is 0. The zero-order valence-electron chi connectivity index (χ0n) is 18.0. The number of aliphatic carboxylic acids is 1. The molecule has 0 aromatic heterocycles. The topological polar surface area (TPSA) is 70.0 Å². The van der Waals surface area contributed by atoms with Gasteiger partial charge in [0.05, 0.1) is 12.1 Å². The number of hydrogen-bond acceptors (Lipinski definition) is 4. The maximum Gasteiger partial charge on any atom is 0.303 e. The molecular weight excluding hydrogens is 342 g/mol. The second kappa shape index (κ2) is 12.7. The average molecular weight is 386 g/mol. The molecule has 0 aromatic carbocycles. The van der Waals surface area contributed by atoms with Crippen LogP contribution in [-0.2, 0) is 9.53 Å². The third kappa shape index (κ3) is 8.93. The van der Waals surface area contributed by atoms with E-state index < -0.39 is 11.7 Å². The first-order valence-electron chi connectivity index (χ1n) is 11.2. The van der Waals surface area contributed by atoms with Crippen LogP contribution in [0.1, 0.15) is 117 Å². The molecule has 0 unspecified atom stereocenters. The van der Waals surface area contributed by atoms with Crippen LogP contribution in [0, 0.1) is 0 Å². The predicted octanol–water partition coefficient (Wildman–Crippen LogP) is 6.14. The van der Waals surface area contributed by atoms with E-state index in [1.54, 1.807) is 0 Å². The number of hydrogen-bond donors (Lipinski definition) is 2. The van der Waals surface area contributed by atoms with Crippen molar-refractivity contribution in [2.24, 2.45) is 0 Å². The van der Waals surface area contributed by atoms with Gasteiger partial charge in [-0.05, 0) is 46.0 Å². The van der Waals surface area contributed by atoms with E-state index in [2.05, 4.69) is 6.92 Å². The van der Waals surface area contributed by atoms with Crippen molar-refractivity contribution in [3.8, 4) is 0 Å². The van der Waals surface area contributed by atoms with Gasteiger partial charge in [-0.15, -0.1) is 0 Å². The summed E-state index contributed by atoms with van der Waals surface area (Å²) in [4.78, 5) is 10.6. The predicted molar refractivity (Wildman–Crippen MR) is 109 cm³/mol. The molecule has 0 amide bonds. The minimum absolute atomic E-state index is 0.223. The van der Waals surface area contributed by atoms with Gasteiger partial charge in [-0.2, -0.15) is 5.06 Å². The monoisotopic (exact) mass is 385 g/mol. The van der Waals surface area contributed by atoms with Gasteiger partial charge in [0.1, 0.15) is 5.72 Å². The van der Waals surface area contributed by atoms with Crippen LogP contribution in [0.4, 0.5) is 0 Å². The zero-order valence-corrected chi connectivity index (χ0v) is 18.0. The van der Waals surface area contributed by atoms with Crippen molar-refractivity contribution in [2.45, 2.75) is 128 Å². The Balaban J connectivity index is 2.32. The number of rotatable bonds is 16. The molecule has 1 aliphatic heterocycles. The van der Waals surface area contributed by atoms with E-state index in [-0.39, 0.29) is 12.0 Å². The SMILES string of the molecule is CCCCCCCCCCC[C@]1(CCCCCC(=O)O)OCC(C)(C)N1O. The van der Waals surface area contributed by atoms with Gasteiger partial charge in [-0.25, -0.2) is 0 Å². The Morgan fingerprint density at radius 3 is 1.81 bits per heavy atom. The van der Waals surface area contributed by atoms with Crippen molar-refractivity contribution in [1.29, 1.82) is 0 Å². The second-order valence-corrected chi connectivity index (χ2v) is 8.89. The van der Waals surface area contributed by atoms with E-state index in [1.807, 2.05) is 13.8 Å². The fraction of sp³-hybridized carbons (Fsp3) is 0.955. The number of carboxylic acid groups (broad SMARTS) is 1. The third-order valence-electron chi connectivity index (χ3n) is 5.78. The summed E-state index contributed by atoms with van der Waals surface area (Å²) in [6, 6.07) is 0.